The van der Waals surface area contributed by atoms with Gasteiger partial charge in [-0.15, -0.1) is 0 Å². The Hall–Kier alpha value is -3.41. The summed E-state index contributed by atoms with van der Waals surface area (Å²) in [5.74, 6) is 2.07. The second-order valence-electron chi connectivity index (χ2n) is 7.94. The molecule has 0 spiro atoms. The predicted octanol–water partition coefficient (Wildman–Crippen LogP) is 5.35. The number of methoxy groups -OCH3 is 1. The first-order valence-electron chi connectivity index (χ1n) is 10.1. The molecular weight excluding hydrogens is 376 g/mol. The maximum atomic E-state index is 12.8. The van der Waals surface area contributed by atoms with Gasteiger partial charge in [-0.2, -0.15) is 4.98 Å². The Morgan fingerprint density at radius 2 is 1.77 bits per heavy atom. The molecule has 1 unspecified atom stereocenters. The van der Waals surface area contributed by atoms with Gasteiger partial charge in [0.1, 0.15) is 11.6 Å². The number of nitrogens with one attached hydrogen (secondary N) is 2. The molecule has 0 radical (unpaired) electrons. The molecule has 1 heterocycles. The fourth-order valence-electron chi connectivity index (χ4n) is 3.70. The maximum Gasteiger partial charge on any atom is 0.229 e. The summed E-state index contributed by atoms with van der Waals surface area (Å²) in [7, 11) is 1.63. The average Bonchev–Trinajstić information content (AvgIpc) is 2.70. The first-order chi connectivity index (χ1) is 14.4. The number of rotatable bonds is 5. The van der Waals surface area contributed by atoms with E-state index < -0.39 is 0 Å². The molecule has 1 aliphatic rings. The van der Waals surface area contributed by atoms with Crippen LogP contribution in [0.5, 0.6) is 5.75 Å². The third kappa shape index (κ3) is 4.13. The third-order valence-corrected chi connectivity index (χ3v) is 5.43. The molecule has 0 fully saturated rings. The quantitative estimate of drug-likeness (QED) is 0.599. The van der Waals surface area contributed by atoms with Crippen molar-refractivity contribution < 1.29 is 9.53 Å². The second kappa shape index (κ2) is 8.14. The molecule has 6 nitrogen and oxygen atoms in total. The van der Waals surface area contributed by atoms with Gasteiger partial charge in [0.2, 0.25) is 5.95 Å². The van der Waals surface area contributed by atoms with Crippen molar-refractivity contribution in [3.05, 3.63) is 64.8 Å². The van der Waals surface area contributed by atoms with E-state index in [9.17, 15) is 4.79 Å². The normalized spacial score (nSPS) is 15.5. The van der Waals surface area contributed by atoms with Crippen LogP contribution < -0.4 is 15.4 Å². The maximum absolute atomic E-state index is 12.8. The molecule has 30 heavy (non-hydrogen) atoms. The molecule has 1 aliphatic carbocycles. The standard InChI is InChI=1S/C24H26N4O2/c1-14-10-20-22(21(29)11-14)23(25-17-6-5-7-19(13-17)30-4)28-24(27-20)26-18-9-8-15(2)16(3)12-18/h5-9,12-14H,10-11H2,1-4H3,(H2,25,26,27,28). The third-order valence-electron chi connectivity index (χ3n) is 5.43. The number of nitrogens with zero attached hydrogens (tertiary/aromatic N) is 2. The van der Waals surface area contributed by atoms with Crippen molar-refractivity contribution in [1.82, 2.24) is 9.97 Å². The topological polar surface area (TPSA) is 76.1 Å². The molecule has 0 amide bonds. The number of anilines is 4. The highest BCUT2D eigenvalue weighted by Gasteiger charge is 2.28. The first-order valence-corrected chi connectivity index (χ1v) is 10.1. The molecule has 2 N–H and O–H groups in total. The number of benzene rings is 2. The molecule has 3 aromatic rings. The Morgan fingerprint density at radius 3 is 2.53 bits per heavy atom. The number of ketones is 1. The summed E-state index contributed by atoms with van der Waals surface area (Å²) in [4.78, 5) is 22.2. The summed E-state index contributed by atoms with van der Waals surface area (Å²) in [6.07, 6.45) is 1.26. The molecule has 154 valence electrons. The summed E-state index contributed by atoms with van der Waals surface area (Å²) in [6, 6.07) is 13.7. The lowest BCUT2D eigenvalue weighted by atomic mass is 9.87. The van der Waals surface area contributed by atoms with E-state index in [4.69, 9.17) is 4.74 Å². The van der Waals surface area contributed by atoms with Gasteiger partial charge in [-0.3, -0.25) is 4.79 Å². The van der Waals surface area contributed by atoms with Crippen molar-refractivity contribution in [1.29, 1.82) is 0 Å². The monoisotopic (exact) mass is 402 g/mol. The van der Waals surface area contributed by atoms with E-state index in [-0.39, 0.29) is 11.7 Å². The van der Waals surface area contributed by atoms with Gasteiger partial charge >= 0.3 is 0 Å². The number of hydrogen-bond donors (Lipinski definition) is 2. The Kier molecular flexibility index (Phi) is 5.40. The van der Waals surface area contributed by atoms with Crippen LogP contribution in [0.3, 0.4) is 0 Å². The minimum atomic E-state index is 0.0758. The lowest BCUT2D eigenvalue weighted by Gasteiger charge is -2.23. The zero-order chi connectivity index (χ0) is 21.3. The summed E-state index contributed by atoms with van der Waals surface area (Å²) >= 11 is 0. The van der Waals surface area contributed by atoms with Crippen molar-refractivity contribution in [3.8, 4) is 5.75 Å². The SMILES string of the molecule is COc1cccc(Nc2nc(Nc3ccc(C)c(C)c3)nc3c2C(=O)CC(C)C3)c1. The largest absolute Gasteiger partial charge is 0.497 e. The van der Waals surface area contributed by atoms with Crippen molar-refractivity contribution in [2.75, 3.05) is 17.7 Å². The van der Waals surface area contributed by atoms with Crippen LogP contribution >= 0.6 is 0 Å². The van der Waals surface area contributed by atoms with E-state index in [1.807, 2.05) is 30.3 Å². The summed E-state index contributed by atoms with van der Waals surface area (Å²) in [6.45, 7) is 6.23. The van der Waals surface area contributed by atoms with Crippen molar-refractivity contribution in [3.63, 3.8) is 0 Å². The van der Waals surface area contributed by atoms with Gasteiger partial charge in [0, 0.05) is 23.9 Å². The Bertz CT molecular complexity index is 1110. The number of carbonyl (C=O) groups excluding carboxylic acids is 1. The zero-order valence-corrected chi connectivity index (χ0v) is 17.7. The van der Waals surface area contributed by atoms with E-state index in [2.05, 4.69) is 53.5 Å². The van der Waals surface area contributed by atoms with Gasteiger partial charge in [-0.1, -0.05) is 19.1 Å². The van der Waals surface area contributed by atoms with E-state index >= 15 is 0 Å². The summed E-state index contributed by atoms with van der Waals surface area (Å²) < 4.78 is 5.31. The molecule has 1 aromatic heterocycles. The average molecular weight is 402 g/mol. The van der Waals surface area contributed by atoms with Gasteiger partial charge in [-0.25, -0.2) is 4.98 Å². The van der Waals surface area contributed by atoms with Crippen LogP contribution in [0.15, 0.2) is 42.5 Å². The first kappa shape index (κ1) is 19.9. The van der Waals surface area contributed by atoms with Gasteiger partial charge in [0.25, 0.3) is 0 Å². The van der Waals surface area contributed by atoms with E-state index in [1.165, 1.54) is 11.1 Å². The Labute approximate surface area is 176 Å². The summed E-state index contributed by atoms with van der Waals surface area (Å²) in [5.41, 5.74) is 5.51. The fourth-order valence-corrected chi connectivity index (χ4v) is 3.70. The lowest BCUT2D eigenvalue weighted by molar-refractivity contribution is 0.0953. The minimum Gasteiger partial charge on any atom is -0.497 e. The van der Waals surface area contributed by atoms with Crippen molar-refractivity contribution in [2.24, 2.45) is 5.92 Å². The fraction of sp³-hybridized carbons (Fsp3) is 0.292. The van der Waals surface area contributed by atoms with Crippen LogP contribution in [0, 0.1) is 19.8 Å². The molecule has 0 bridgehead atoms. The lowest BCUT2D eigenvalue weighted by Crippen LogP contribution is -2.22. The van der Waals surface area contributed by atoms with Crippen molar-refractivity contribution in [2.45, 2.75) is 33.6 Å². The summed E-state index contributed by atoms with van der Waals surface area (Å²) in [5, 5.41) is 6.61. The number of carbonyl (C=O) groups is 1. The van der Waals surface area contributed by atoms with E-state index in [1.54, 1.807) is 7.11 Å². The molecule has 2 aromatic carbocycles. The van der Waals surface area contributed by atoms with Crippen LogP contribution in [-0.4, -0.2) is 22.9 Å². The second-order valence-corrected chi connectivity index (χ2v) is 7.94. The van der Waals surface area contributed by atoms with Gasteiger partial charge in [0.05, 0.1) is 18.4 Å². The number of hydrogen-bond acceptors (Lipinski definition) is 6. The number of aromatic nitrogens is 2. The van der Waals surface area contributed by atoms with Crippen LogP contribution in [0.4, 0.5) is 23.1 Å². The van der Waals surface area contributed by atoms with Gasteiger partial charge in [-0.05, 0) is 61.6 Å². The van der Waals surface area contributed by atoms with Crippen LogP contribution in [0.1, 0.15) is 40.5 Å². The van der Waals surface area contributed by atoms with Crippen LogP contribution in [-0.2, 0) is 6.42 Å². The van der Waals surface area contributed by atoms with Crippen LogP contribution in [0.25, 0.3) is 0 Å². The molecule has 0 saturated heterocycles. The number of fused-ring (bicyclic) bond motifs is 1. The Morgan fingerprint density at radius 1 is 0.967 bits per heavy atom. The molecule has 0 aliphatic heterocycles. The molecule has 6 heteroatoms. The van der Waals surface area contributed by atoms with Crippen LogP contribution in [0.2, 0.25) is 0 Å². The molecule has 4 rings (SSSR count). The van der Waals surface area contributed by atoms with Crippen molar-refractivity contribution >= 4 is 28.9 Å². The highest BCUT2D eigenvalue weighted by atomic mass is 16.5. The van der Waals surface area contributed by atoms with Gasteiger partial charge in [0.15, 0.2) is 5.78 Å². The molecule has 1 atom stereocenters. The van der Waals surface area contributed by atoms with E-state index in [0.717, 1.165) is 29.2 Å². The van der Waals surface area contributed by atoms with Gasteiger partial charge < -0.3 is 15.4 Å². The minimum absolute atomic E-state index is 0.0758. The predicted molar refractivity (Wildman–Crippen MR) is 119 cm³/mol. The molecular formula is C24H26N4O2. The highest BCUT2D eigenvalue weighted by molar-refractivity contribution is 6.03. The van der Waals surface area contributed by atoms with E-state index in [0.29, 0.717) is 23.8 Å². The molecule has 0 saturated carbocycles. The number of aryl methyl sites for hydroxylation is 2. The smallest absolute Gasteiger partial charge is 0.229 e. The Balaban J connectivity index is 1.74. The highest BCUT2D eigenvalue weighted by Crippen LogP contribution is 2.32. The zero-order valence-electron chi connectivity index (χ0n) is 17.7. The number of ether oxygens (including phenoxy) is 1. The number of Topliss-reactive ketones (excluding diaryl/α,β-unsaturated/α-hetero) is 1.